The van der Waals surface area contributed by atoms with Crippen molar-refractivity contribution >= 4 is 23.4 Å². The molecule has 0 aliphatic carbocycles. The highest BCUT2D eigenvalue weighted by Crippen LogP contribution is 2.17. The molecule has 1 aromatic heterocycles. The van der Waals surface area contributed by atoms with Crippen molar-refractivity contribution in [2.45, 2.75) is 19.3 Å². The van der Waals surface area contributed by atoms with E-state index in [-0.39, 0.29) is 6.03 Å². The Morgan fingerprint density at radius 2 is 1.62 bits per heavy atom. The molecule has 3 rings (SSSR count). The van der Waals surface area contributed by atoms with Gasteiger partial charge in [0.1, 0.15) is 5.75 Å². The van der Waals surface area contributed by atoms with Crippen molar-refractivity contribution in [3.63, 3.8) is 0 Å². The molecule has 0 bridgehead atoms. The maximum Gasteiger partial charge on any atom is 0.323 e. The van der Waals surface area contributed by atoms with E-state index in [1.165, 1.54) is 19.3 Å². The number of methoxy groups -OCH3 is 1. The van der Waals surface area contributed by atoms with Crippen molar-refractivity contribution < 1.29 is 9.53 Å². The Labute approximate surface area is 141 Å². The number of rotatable bonds is 4. The Balaban J connectivity index is 1.55. The number of hydrogen-bond acceptors (Lipinski definition) is 5. The molecule has 0 unspecified atom stereocenters. The summed E-state index contributed by atoms with van der Waals surface area (Å²) >= 11 is 0. The lowest BCUT2D eigenvalue weighted by Gasteiger charge is -2.26. The molecule has 1 aliphatic rings. The number of carbonyl (C=O) groups is 1. The minimum Gasteiger partial charge on any atom is -0.497 e. The Hall–Kier alpha value is -2.83. The summed E-state index contributed by atoms with van der Waals surface area (Å²) < 4.78 is 5.08. The summed E-state index contributed by atoms with van der Waals surface area (Å²) in [5.41, 5.74) is 1.24. The van der Waals surface area contributed by atoms with Crippen LogP contribution in [0.25, 0.3) is 0 Å². The molecule has 0 saturated carbocycles. The van der Waals surface area contributed by atoms with Gasteiger partial charge in [0.05, 0.1) is 25.2 Å². The third-order valence-corrected chi connectivity index (χ3v) is 3.88. The van der Waals surface area contributed by atoms with Crippen molar-refractivity contribution in [3.05, 3.63) is 36.7 Å². The summed E-state index contributed by atoms with van der Waals surface area (Å²) in [4.78, 5) is 22.9. The number of nitrogens with one attached hydrogen (secondary N) is 2. The average Bonchev–Trinajstić information content (AvgIpc) is 2.64. The monoisotopic (exact) mass is 327 g/mol. The number of hydrogen-bond donors (Lipinski definition) is 2. The standard InChI is InChI=1S/C17H21N5O2/c1-24-15-7-5-13(6-8-15)20-17(23)21-14-11-18-16(19-12-14)22-9-3-2-4-10-22/h5-8,11-12H,2-4,9-10H2,1H3,(H2,20,21,23). The van der Waals surface area contributed by atoms with Crippen LogP contribution in [-0.2, 0) is 0 Å². The summed E-state index contributed by atoms with van der Waals surface area (Å²) in [5, 5.41) is 5.47. The highest BCUT2D eigenvalue weighted by Gasteiger charge is 2.13. The lowest BCUT2D eigenvalue weighted by molar-refractivity contribution is 0.262. The number of amides is 2. The number of nitrogens with zero attached hydrogens (tertiary/aromatic N) is 3. The SMILES string of the molecule is COc1ccc(NC(=O)Nc2cnc(N3CCCCC3)nc2)cc1. The van der Waals surface area contributed by atoms with Crippen LogP contribution in [0.4, 0.5) is 22.1 Å². The Bertz CT molecular complexity index is 666. The van der Waals surface area contributed by atoms with E-state index in [1.807, 2.05) is 0 Å². The largest absolute Gasteiger partial charge is 0.497 e. The van der Waals surface area contributed by atoms with E-state index in [1.54, 1.807) is 43.8 Å². The molecule has 0 spiro atoms. The minimum absolute atomic E-state index is 0.338. The van der Waals surface area contributed by atoms with Gasteiger partial charge in [0.25, 0.3) is 0 Å². The van der Waals surface area contributed by atoms with E-state index < -0.39 is 0 Å². The third kappa shape index (κ3) is 4.13. The van der Waals surface area contributed by atoms with Crippen LogP contribution < -0.4 is 20.3 Å². The van der Waals surface area contributed by atoms with Crippen molar-refractivity contribution in [2.75, 3.05) is 35.7 Å². The van der Waals surface area contributed by atoms with Gasteiger partial charge >= 0.3 is 6.03 Å². The van der Waals surface area contributed by atoms with Gasteiger partial charge in [-0.05, 0) is 43.5 Å². The second-order valence-corrected chi connectivity index (χ2v) is 5.63. The molecule has 24 heavy (non-hydrogen) atoms. The molecule has 2 heterocycles. The Kier molecular flexibility index (Phi) is 5.10. The van der Waals surface area contributed by atoms with Crippen LogP contribution in [0.3, 0.4) is 0 Å². The van der Waals surface area contributed by atoms with Crippen LogP contribution in [0.1, 0.15) is 19.3 Å². The van der Waals surface area contributed by atoms with E-state index in [0.717, 1.165) is 24.8 Å². The molecule has 2 N–H and O–H groups in total. The molecule has 1 aromatic carbocycles. The molecule has 0 atom stereocenters. The number of anilines is 3. The van der Waals surface area contributed by atoms with Crippen molar-refractivity contribution in [3.8, 4) is 5.75 Å². The lowest BCUT2D eigenvalue weighted by Crippen LogP contribution is -2.31. The normalized spacial score (nSPS) is 14.1. The van der Waals surface area contributed by atoms with Crippen LogP contribution in [0.2, 0.25) is 0 Å². The number of aromatic nitrogens is 2. The predicted molar refractivity (Wildman–Crippen MR) is 93.7 cm³/mol. The van der Waals surface area contributed by atoms with E-state index in [4.69, 9.17) is 4.74 Å². The molecule has 7 nitrogen and oxygen atoms in total. The van der Waals surface area contributed by atoms with Gasteiger partial charge < -0.3 is 20.3 Å². The maximum atomic E-state index is 12.0. The molecule has 1 saturated heterocycles. The van der Waals surface area contributed by atoms with Gasteiger partial charge in [-0.15, -0.1) is 0 Å². The quantitative estimate of drug-likeness (QED) is 0.902. The van der Waals surface area contributed by atoms with Crippen LogP contribution in [0.5, 0.6) is 5.75 Å². The average molecular weight is 327 g/mol. The fourth-order valence-electron chi connectivity index (χ4n) is 2.61. The molecule has 2 aromatic rings. The van der Waals surface area contributed by atoms with Gasteiger partial charge in [-0.1, -0.05) is 0 Å². The van der Waals surface area contributed by atoms with Gasteiger partial charge in [-0.2, -0.15) is 0 Å². The molecular formula is C17H21N5O2. The van der Waals surface area contributed by atoms with Crippen molar-refractivity contribution in [1.29, 1.82) is 0 Å². The Morgan fingerprint density at radius 1 is 1.00 bits per heavy atom. The third-order valence-electron chi connectivity index (χ3n) is 3.88. The van der Waals surface area contributed by atoms with Crippen molar-refractivity contribution in [2.24, 2.45) is 0 Å². The molecule has 0 radical (unpaired) electrons. The summed E-state index contributed by atoms with van der Waals surface area (Å²) in [6.07, 6.45) is 6.87. The van der Waals surface area contributed by atoms with Gasteiger partial charge in [0, 0.05) is 18.8 Å². The van der Waals surface area contributed by atoms with Crippen LogP contribution >= 0.6 is 0 Å². The van der Waals surface area contributed by atoms with Crippen molar-refractivity contribution in [1.82, 2.24) is 9.97 Å². The fourth-order valence-corrected chi connectivity index (χ4v) is 2.61. The molecule has 1 aliphatic heterocycles. The molecule has 7 heteroatoms. The van der Waals surface area contributed by atoms with Crippen LogP contribution in [0, 0.1) is 0 Å². The minimum atomic E-state index is -0.338. The predicted octanol–water partition coefficient (Wildman–Crippen LogP) is 3.12. The second-order valence-electron chi connectivity index (χ2n) is 5.63. The first kappa shape index (κ1) is 16.0. The van der Waals surface area contributed by atoms with Crippen LogP contribution in [0.15, 0.2) is 36.7 Å². The van der Waals surface area contributed by atoms with Crippen LogP contribution in [-0.4, -0.2) is 36.2 Å². The topological polar surface area (TPSA) is 79.4 Å². The second kappa shape index (κ2) is 7.63. The Morgan fingerprint density at radius 3 is 2.25 bits per heavy atom. The first-order valence-corrected chi connectivity index (χ1v) is 8.03. The molecular weight excluding hydrogens is 306 g/mol. The summed E-state index contributed by atoms with van der Waals surface area (Å²) in [6.45, 7) is 1.98. The van der Waals surface area contributed by atoms with E-state index in [2.05, 4.69) is 25.5 Å². The zero-order valence-corrected chi connectivity index (χ0v) is 13.7. The number of piperidine rings is 1. The van der Waals surface area contributed by atoms with E-state index in [9.17, 15) is 4.79 Å². The van der Waals surface area contributed by atoms with E-state index >= 15 is 0 Å². The highest BCUT2D eigenvalue weighted by atomic mass is 16.5. The summed E-state index contributed by atoms with van der Waals surface area (Å²) in [6, 6.07) is 6.77. The lowest BCUT2D eigenvalue weighted by atomic mass is 10.1. The molecule has 1 fully saturated rings. The number of benzene rings is 1. The molecule has 126 valence electrons. The zero-order valence-electron chi connectivity index (χ0n) is 13.7. The van der Waals surface area contributed by atoms with Gasteiger partial charge in [0.15, 0.2) is 0 Å². The van der Waals surface area contributed by atoms with E-state index in [0.29, 0.717) is 11.4 Å². The maximum absolute atomic E-state index is 12.0. The summed E-state index contributed by atoms with van der Waals surface area (Å²) in [7, 11) is 1.60. The first-order valence-electron chi connectivity index (χ1n) is 8.03. The van der Waals surface area contributed by atoms with Gasteiger partial charge in [-0.3, -0.25) is 0 Å². The number of carbonyl (C=O) groups excluding carboxylic acids is 1. The highest BCUT2D eigenvalue weighted by molar-refractivity contribution is 5.99. The number of urea groups is 1. The fraction of sp³-hybridized carbons (Fsp3) is 0.353. The first-order chi connectivity index (χ1) is 11.7. The smallest absolute Gasteiger partial charge is 0.323 e. The zero-order chi connectivity index (χ0) is 16.8. The number of ether oxygens (including phenoxy) is 1. The molecule has 2 amide bonds. The van der Waals surface area contributed by atoms with Gasteiger partial charge in [0.2, 0.25) is 5.95 Å². The summed E-state index contributed by atoms with van der Waals surface area (Å²) in [5.74, 6) is 1.46. The van der Waals surface area contributed by atoms with Gasteiger partial charge in [-0.25, -0.2) is 14.8 Å².